The fraction of sp³-hybridized carbons (Fsp3) is 0.0952. The number of rotatable bonds is 7. The third kappa shape index (κ3) is 4.92. The molecular weight excluding hydrogens is 346 g/mol. The first kappa shape index (κ1) is 18.1. The summed E-state index contributed by atoms with van der Waals surface area (Å²) >= 11 is 0. The third-order valence-electron chi connectivity index (χ3n) is 3.86. The molecule has 0 aliphatic rings. The van der Waals surface area contributed by atoms with Crippen LogP contribution in [0, 0.1) is 10.1 Å². The van der Waals surface area contributed by atoms with Crippen LogP contribution in [-0.4, -0.2) is 10.9 Å². The van der Waals surface area contributed by atoms with Gasteiger partial charge < -0.3 is 9.47 Å². The maximum Gasteiger partial charge on any atom is 0.338 e. The normalized spacial score (nSPS) is 10.2. The summed E-state index contributed by atoms with van der Waals surface area (Å²) in [5, 5.41) is 11.1. The van der Waals surface area contributed by atoms with E-state index in [4.69, 9.17) is 9.47 Å². The van der Waals surface area contributed by atoms with Crippen molar-refractivity contribution in [3.63, 3.8) is 0 Å². The number of nitrogens with zero attached hydrogens (tertiary/aromatic N) is 1. The number of nitro benzene ring substituents is 1. The van der Waals surface area contributed by atoms with E-state index in [-0.39, 0.29) is 12.3 Å². The lowest BCUT2D eigenvalue weighted by molar-refractivity contribution is -0.385. The van der Waals surface area contributed by atoms with Crippen molar-refractivity contribution in [1.82, 2.24) is 0 Å². The monoisotopic (exact) mass is 363 g/mol. The molecule has 27 heavy (non-hydrogen) atoms. The molecule has 3 aromatic rings. The second-order valence-corrected chi connectivity index (χ2v) is 5.77. The smallest absolute Gasteiger partial charge is 0.338 e. The molecule has 0 unspecified atom stereocenters. The van der Waals surface area contributed by atoms with Gasteiger partial charge in [0.05, 0.1) is 10.5 Å². The number of nitro groups is 1. The zero-order valence-electron chi connectivity index (χ0n) is 14.4. The van der Waals surface area contributed by atoms with Gasteiger partial charge in [-0.3, -0.25) is 10.1 Å². The molecule has 136 valence electrons. The summed E-state index contributed by atoms with van der Waals surface area (Å²) in [4.78, 5) is 22.7. The van der Waals surface area contributed by atoms with Crippen LogP contribution in [0.2, 0.25) is 0 Å². The Balaban J connectivity index is 1.75. The molecule has 0 aromatic heterocycles. The quantitative estimate of drug-likeness (QED) is 0.350. The molecule has 3 rings (SSSR count). The topological polar surface area (TPSA) is 78.7 Å². The van der Waals surface area contributed by atoms with Crippen LogP contribution in [0.4, 0.5) is 5.69 Å². The van der Waals surface area contributed by atoms with Crippen molar-refractivity contribution in [3.8, 4) is 5.75 Å². The molecule has 6 heteroatoms. The van der Waals surface area contributed by atoms with E-state index in [9.17, 15) is 14.9 Å². The van der Waals surface area contributed by atoms with Gasteiger partial charge in [0.1, 0.15) is 19.0 Å². The zero-order chi connectivity index (χ0) is 19.1. The third-order valence-corrected chi connectivity index (χ3v) is 3.86. The highest BCUT2D eigenvalue weighted by Gasteiger charge is 2.15. The van der Waals surface area contributed by atoms with Gasteiger partial charge in [-0.2, -0.15) is 0 Å². The lowest BCUT2D eigenvalue weighted by atomic mass is 10.2. The second-order valence-electron chi connectivity index (χ2n) is 5.77. The zero-order valence-corrected chi connectivity index (χ0v) is 14.4. The predicted molar refractivity (Wildman–Crippen MR) is 99.4 cm³/mol. The van der Waals surface area contributed by atoms with Crippen LogP contribution in [0.15, 0.2) is 78.9 Å². The minimum Gasteiger partial charge on any atom is -0.488 e. The summed E-state index contributed by atoms with van der Waals surface area (Å²) in [5.74, 6) is -0.0681. The number of hydrogen-bond acceptors (Lipinski definition) is 5. The van der Waals surface area contributed by atoms with Crippen molar-refractivity contribution in [2.24, 2.45) is 0 Å². The Hall–Kier alpha value is -3.67. The molecule has 0 radical (unpaired) electrons. The Labute approximate surface area is 156 Å². The van der Waals surface area contributed by atoms with Crippen LogP contribution in [0.1, 0.15) is 21.5 Å². The number of non-ortho nitro benzene ring substituents is 1. The summed E-state index contributed by atoms with van der Waals surface area (Å²) in [6, 6.07) is 22.3. The van der Waals surface area contributed by atoms with Crippen molar-refractivity contribution in [2.45, 2.75) is 13.2 Å². The summed E-state index contributed by atoms with van der Waals surface area (Å²) in [7, 11) is 0. The summed E-state index contributed by atoms with van der Waals surface area (Å²) in [5.41, 5.74) is 1.72. The number of ether oxygens (including phenoxy) is 2. The van der Waals surface area contributed by atoms with Gasteiger partial charge in [-0.25, -0.2) is 4.79 Å². The standard InChI is InChI=1S/C21H17NO5/c23-21(17-9-5-2-6-10-17)27-15-18-13-19(22(24)25)11-12-20(18)26-14-16-7-3-1-4-8-16/h1-13H,14-15H2. The van der Waals surface area contributed by atoms with Gasteiger partial charge in [0.25, 0.3) is 5.69 Å². The van der Waals surface area contributed by atoms with Crippen molar-refractivity contribution >= 4 is 11.7 Å². The van der Waals surface area contributed by atoms with Gasteiger partial charge in [0.2, 0.25) is 0 Å². The molecule has 6 nitrogen and oxygen atoms in total. The van der Waals surface area contributed by atoms with Gasteiger partial charge >= 0.3 is 5.97 Å². The molecule has 0 saturated carbocycles. The second kappa shape index (κ2) is 8.62. The number of carbonyl (C=O) groups excluding carboxylic acids is 1. The highest BCUT2D eigenvalue weighted by atomic mass is 16.6. The molecule has 0 aliphatic carbocycles. The molecule has 0 fully saturated rings. The average molecular weight is 363 g/mol. The van der Waals surface area contributed by atoms with Gasteiger partial charge in [0, 0.05) is 17.7 Å². The number of carbonyl (C=O) groups is 1. The molecule has 3 aromatic carbocycles. The molecule has 0 aliphatic heterocycles. The van der Waals surface area contributed by atoms with E-state index >= 15 is 0 Å². The summed E-state index contributed by atoms with van der Waals surface area (Å²) in [6.45, 7) is 0.178. The number of benzene rings is 3. The Morgan fingerprint density at radius 1 is 0.889 bits per heavy atom. The van der Waals surface area contributed by atoms with E-state index in [0.717, 1.165) is 5.56 Å². The van der Waals surface area contributed by atoms with Crippen molar-refractivity contribution in [1.29, 1.82) is 0 Å². The largest absolute Gasteiger partial charge is 0.488 e. The van der Waals surface area contributed by atoms with Crippen molar-refractivity contribution in [3.05, 3.63) is 106 Å². The first-order valence-electron chi connectivity index (χ1n) is 8.29. The summed E-state index contributed by atoms with van der Waals surface area (Å²) in [6.07, 6.45) is 0. The van der Waals surface area contributed by atoms with E-state index in [1.54, 1.807) is 30.3 Å². The first-order valence-corrected chi connectivity index (χ1v) is 8.29. The molecule has 0 bridgehead atoms. The van der Waals surface area contributed by atoms with Crippen LogP contribution in [0.5, 0.6) is 5.75 Å². The SMILES string of the molecule is O=C(OCc1cc([N+](=O)[O-])ccc1OCc1ccccc1)c1ccccc1. The molecule has 0 amide bonds. The predicted octanol–water partition coefficient (Wildman–Crippen LogP) is 4.53. The van der Waals surface area contributed by atoms with Crippen LogP contribution in [-0.2, 0) is 18.0 Å². The van der Waals surface area contributed by atoms with Crippen molar-refractivity contribution in [2.75, 3.05) is 0 Å². The summed E-state index contributed by atoms with van der Waals surface area (Å²) < 4.78 is 11.1. The van der Waals surface area contributed by atoms with E-state index < -0.39 is 10.9 Å². The van der Waals surface area contributed by atoms with Crippen LogP contribution >= 0.6 is 0 Å². The fourth-order valence-electron chi connectivity index (χ4n) is 2.47. The lowest BCUT2D eigenvalue weighted by Crippen LogP contribution is -2.07. The average Bonchev–Trinajstić information content (AvgIpc) is 2.72. The highest BCUT2D eigenvalue weighted by molar-refractivity contribution is 5.89. The van der Waals surface area contributed by atoms with Crippen LogP contribution < -0.4 is 4.74 Å². The molecule has 0 spiro atoms. The Bertz CT molecular complexity index is 926. The molecular formula is C21H17NO5. The Morgan fingerprint density at radius 3 is 2.22 bits per heavy atom. The van der Waals surface area contributed by atoms with E-state index in [1.807, 2.05) is 30.3 Å². The minimum atomic E-state index is -0.504. The Kier molecular flexibility index (Phi) is 5.79. The molecule has 0 atom stereocenters. The fourth-order valence-corrected chi connectivity index (χ4v) is 2.47. The first-order chi connectivity index (χ1) is 13.1. The van der Waals surface area contributed by atoms with Gasteiger partial charge in [-0.1, -0.05) is 48.5 Å². The van der Waals surface area contributed by atoms with Gasteiger partial charge in [-0.15, -0.1) is 0 Å². The molecule has 0 heterocycles. The molecule has 0 saturated heterocycles. The van der Waals surface area contributed by atoms with Crippen LogP contribution in [0.25, 0.3) is 0 Å². The number of hydrogen-bond donors (Lipinski definition) is 0. The lowest BCUT2D eigenvalue weighted by Gasteiger charge is -2.12. The maximum atomic E-state index is 12.1. The van der Waals surface area contributed by atoms with Crippen LogP contribution in [0.3, 0.4) is 0 Å². The van der Waals surface area contributed by atoms with E-state index in [1.165, 1.54) is 18.2 Å². The van der Waals surface area contributed by atoms with Gasteiger partial charge in [-0.05, 0) is 23.8 Å². The van der Waals surface area contributed by atoms with Crippen molar-refractivity contribution < 1.29 is 19.2 Å². The highest BCUT2D eigenvalue weighted by Crippen LogP contribution is 2.26. The maximum absolute atomic E-state index is 12.1. The number of esters is 1. The molecule has 0 N–H and O–H groups in total. The minimum absolute atomic E-state index is 0.0900. The Morgan fingerprint density at radius 2 is 1.56 bits per heavy atom. The van der Waals surface area contributed by atoms with Gasteiger partial charge in [0.15, 0.2) is 0 Å². The van der Waals surface area contributed by atoms with E-state index in [0.29, 0.717) is 23.5 Å². The van der Waals surface area contributed by atoms with E-state index in [2.05, 4.69) is 0 Å².